The van der Waals surface area contributed by atoms with Crippen LogP contribution in [0.25, 0.3) is 11.4 Å². The first-order valence-electron chi connectivity index (χ1n) is 6.53. The number of benzene rings is 1. The third-order valence-electron chi connectivity index (χ3n) is 3.56. The lowest BCUT2D eigenvalue weighted by Gasteiger charge is -2.30. The van der Waals surface area contributed by atoms with E-state index in [1.165, 1.54) is 0 Å². The molecule has 2 aromatic rings. The molecule has 20 heavy (non-hydrogen) atoms. The molecule has 0 aliphatic carbocycles. The van der Waals surface area contributed by atoms with Gasteiger partial charge in [0.25, 0.3) is 0 Å². The van der Waals surface area contributed by atoms with E-state index in [-0.39, 0.29) is 6.04 Å². The molecular formula is C14H15Cl2N3O. The summed E-state index contributed by atoms with van der Waals surface area (Å²) < 4.78 is 2.01. The Labute approximate surface area is 127 Å². The van der Waals surface area contributed by atoms with E-state index in [2.05, 4.69) is 10.3 Å². The number of hydrogen-bond donors (Lipinski definition) is 2. The quantitative estimate of drug-likeness (QED) is 0.896. The van der Waals surface area contributed by atoms with Crippen molar-refractivity contribution in [2.24, 2.45) is 0 Å². The van der Waals surface area contributed by atoms with Crippen molar-refractivity contribution < 1.29 is 5.11 Å². The van der Waals surface area contributed by atoms with Gasteiger partial charge in [-0.15, -0.1) is 0 Å². The van der Waals surface area contributed by atoms with Gasteiger partial charge < -0.3 is 15.0 Å². The highest BCUT2D eigenvalue weighted by molar-refractivity contribution is 6.35. The van der Waals surface area contributed by atoms with Gasteiger partial charge in [-0.2, -0.15) is 0 Å². The Hall–Kier alpha value is -1.07. The average molecular weight is 312 g/mol. The second-order valence-electron chi connectivity index (χ2n) is 4.94. The van der Waals surface area contributed by atoms with Gasteiger partial charge in [-0.05, 0) is 31.2 Å². The molecule has 0 amide bonds. The van der Waals surface area contributed by atoms with E-state index in [1.54, 1.807) is 12.3 Å². The maximum Gasteiger partial charge on any atom is 0.140 e. The van der Waals surface area contributed by atoms with Crippen LogP contribution in [0.1, 0.15) is 12.5 Å². The smallest absolute Gasteiger partial charge is 0.140 e. The summed E-state index contributed by atoms with van der Waals surface area (Å²) in [4.78, 5) is 4.39. The topological polar surface area (TPSA) is 50.1 Å². The molecule has 2 N–H and O–H groups in total. The number of aliphatic hydroxyl groups is 1. The molecule has 1 aromatic heterocycles. The number of aromatic nitrogens is 2. The average Bonchev–Trinajstić information content (AvgIpc) is 2.87. The lowest BCUT2D eigenvalue weighted by Crippen LogP contribution is -2.41. The highest BCUT2D eigenvalue weighted by Gasteiger charge is 2.26. The zero-order chi connectivity index (χ0) is 14.1. The third kappa shape index (κ3) is 2.69. The molecule has 1 aliphatic rings. The van der Waals surface area contributed by atoms with E-state index >= 15 is 0 Å². The number of piperidine rings is 1. The number of halogens is 2. The first-order valence-corrected chi connectivity index (χ1v) is 7.29. The molecule has 1 fully saturated rings. The summed E-state index contributed by atoms with van der Waals surface area (Å²) in [6, 6.07) is 5.38. The minimum absolute atomic E-state index is 0.0199. The van der Waals surface area contributed by atoms with Crippen LogP contribution in [0.2, 0.25) is 10.0 Å². The predicted molar refractivity (Wildman–Crippen MR) is 80.2 cm³/mol. The standard InChI is InChI=1S/C14H15Cl2N3O/c15-10-5-9(6-11(16)7-10)14-18-3-4-19(14)12-1-2-17-8-13(12)20/h3-7,12-13,17,20H,1-2,8H2/t12-,13-/m0/s1. The lowest BCUT2D eigenvalue weighted by atomic mass is 10.0. The van der Waals surface area contributed by atoms with Crippen LogP contribution in [0.15, 0.2) is 30.6 Å². The molecule has 6 heteroatoms. The second-order valence-corrected chi connectivity index (χ2v) is 5.82. The van der Waals surface area contributed by atoms with Crippen molar-refractivity contribution in [2.45, 2.75) is 18.6 Å². The van der Waals surface area contributed by atoms with Crippen LogP contribution in [-0.2, 0) is 0 Å². The van der Waals surface area contributed by atoms with Crippen LogP contribution >= 0.6 is 23.2 Å². The van der Waals surface area contributed by atoms with Gasteiger partial charge in [0.2, 0.25) is 0 Å². The zero-order valence-corrected chi connectivity index (χ0v) is 12.3. The van der Waals surface area contributed by atoms with Gasteiger partial charge >= 0.3 is 0 Å². The van der Waals surface area contributed by atoms with Crippen molar-refractivity contribution in [3.63, 3.8) is 0 Å². The molecular weight excluding hydrogens is 297 g/mol. The van der Waals surface area contributed by atoms with E-state index in [1.807, 2.05) is 22.9 Å². The van der Waals surface area contributed by atoms with Gasteiger partial charge in [0.1, 0.15) is 5.82 Å². The number of hydrogen-bond acceptors (Lipinski definition) is 3. The number of nitrogens with one attached hydrogen (secondary N) is 1. The molecule has 1 aliphatic heterocycles. The van der Waals surface area contributed by atoms with Gasteiger partial charge in [-0.25, -0.2) is 4.98 Å². The Balaban J connectivity index is 2.01. The predicted octanol–water partition coefficient (Wildman–Crippen LogP) is 2.75. The molecule has 0 radical (unpaired) electrons. The second kappa shape index (κ2) is 5.74. The molecule has 2 heterocycles. The molecule has 2 atom stereocenters. The molecule has 0 spiro atoms. The summed E-state index contributed by atoms with van der Waals surface area (Å²) in [6.45, 7) is 1.48. The van der Waals surface area contributed by atoms with E-state index < -0.39 is 6.10 Å². The summed E-state index contributed by atoms with van der Waals surface area (Å²) in [5, 5.41) is 14.5. The van der Waals surface area contributed by atoms with Crippen LogP contribution in [0.4, 0.5) is 0 Å². The summed E-state index contributed by atoms with van der Waals surface area (Å²) in [5.74, 6) is 0.778. The van der Waals surface area contributed by atoms with Crippen LogP contribution in [0, 0.1) is 0 Å². The Kier molecular flexibility index (Phi) is 3.98. The molecule has 1 saturated heterocycles. The normalized spacial score (nSPS) is 22.9. The number of β-amino-alcohol motifs (C(OH)–C–C–N with tert-alkyl or cyclic N) is 1. The lowest BCUT2D eigenvalue weighted by molar-refractivity contribution is 0.0880. The van der Waals surface area contributed by atoms with E-state index in [0.717, 1.165) is 24.4 Å². The fourth-order valence-electron chi connectivity index (χ4n) is 2.64. The van der Waals surface area contributed by atoms with Crippen molar-refractivity contribution in [1.29, 1.82) is 0 Å². The highest BCUT2D eigenvalue weighted by Crippen LogP contribution is 2.30. The SMILES string of the molecule is O[C@H]1CNCC[C@@H]1n1ccnc1-c1cc(Cl)cc(Cl)c1. The maximum absolute atomic E-state index is 10.2. The molecule has 3 rings (SSSR count). The monoisotopic (exact) mass is 311 g/mol. The van der Waals surface area contributed by atoms with Crippen LogP contribution < -0.4 is 5.32 Å². The van der Waals surface area contributed by atoms with Crippen LogP contribution in [0.5, 0.6) is 0 Å². The zero-order valence-electron chi connectivity index (χ0n) is 10.8. The van der Waals surface area contributed by atoms with Gasteiger partial charge in [0, 0.05) is 34.5 Å². The Bertz CT molecular complexity index is 594. The van der Waals surface area contributed by atoms with Crippen molar-refractivity contribution in [3.8, 4) is 11.4 Å². The first kappa shape index (κ1) is 13.9. The summed E-state index contributed by atoms with van der Waals surface area (Å²) in [6.07, 6.45) is 4.06. The summed E-state index contributed by atoms with van der Waals surface area (Å²) >= 11 is 12.1. The Morgan fingerprint density at radius 2 is 2.00 bits per heavy atom. The minimum Gasteiger partial charge on any atom is -0.390 e. The molecule has 1 aromatic carbocycles. The van der Waals surface area contributed by atoms with Crippen molar-refractivity contribution in [2.75, 3.05) is 13.1 Å². The number of nitrogens with zero attached hydrogens (tertiary/aromatic N) is 2. The first-order chi connectivity index (χ1) is 9.65. The van der Waals surface area contributed by atoms with E-state index in [4.69, 9.17) is 23.2 Å². The van der Waals surface area contributed by atoms with Crippen molar-refractivity contribution in [1.82, 2.24) is 14.9 Å². The molecule has 106 valence electrons. The van der Waals surface area contributed by atoms with Gasteiger partial charge in [0.15, 0.2) is 0 Å². The molecule has 0 saturated carbocycles. The van der Waals surface area contributed by atoms with Gasteiger partial charge in [-0.3, -0.25) is 0 Å². The van der Waals surface area contributed by atoms with Gasteiger partial charge in [-0.1, -0.05) is 23.2 Å². The van der Waals surface area contributed by atoms with E-state index in [0.29, 0.717) is 16.6 Å². The summed E-state index contributed by atoms with van der Waals surface area (Å²) in [5.41, 5.74) is 0.859. The highest BCUT2D eigenvalue weighted by atomic mass is 35.5. The molecule has 0 unspecified atom stereocenters. The number of imidazole rings is 1. The van der Waals surface area contributed by atoms with Gasteiger partial charge in [0.05, 0.1) is 12.1 Å². The van der Waals surface area contributed by atoms with Crippen molar-refractivity contribution in [3.05, 3.63) is 40.6 Å². The Morgan fingerprint density at radius 3 is 2.70 bits per heavy atom. The molecule has 4 nitrogen and oxygen atoms in total. The molecule has 0 bridgehead atoms. The van der Waals surface area contributed by atoms with Crippen molar-refractivity contribution >= 4 is 23.2 Å². The summed E-state index contributed by atoms with van der Waals surface area (Å²) in [7, 11) is 0. The maximum atomic E-state index is 10.2. The Morgan fingerprint density at radius 1 is 1.25 bits per heavy atom. The van der Waals surface area contributed by atoms with Crippen LogP contribution in [0.3, 0.4) is 0 Å². The van der Waals surface area contributed by atoms with E-state index in [9.17, 15) is 5.11 Å². The third-order valence-corrected chi connectivity index (χ3v) is 4.00. The fourth-order valence-corrected chi connectivity index (χ4v) is 3.17. The van der Waals surface area contributed by atoms with Crippen LogP contribution in [-0.4, -0.2) is 33.9 Å². The number of aliphatic hydroxyl groups excluding tert-OH is 1. The fraction of sp³-hybridized carbons (Fsp3) is 0.357. The minimum atomic E-state index is -0.425. The largest absolute Gasteiger partial charge is 0.390 e. The number of rotatable bonds is 2.